The number of carbonyl (C=O) groups is 1. The molecule has 3 aromatic carbocycles. The van der Waals surface area contributed by atoms with Gasteiger partial charge in [-0.1, -0.05) is 0 Å². The van der Waals surface area contributed by atoms with Crippen molar-refractivity contribution in [2.24, 2.45) is 0 Å². The van der Waals surface area contributed by atoms with Gasteiger partial charge >= 0.3 is 246 Å². The van der Waals surface area contributed by atoms with Crippen molar-refractivity contribution >= 4 is 51.1 Å². The Morgan fingerprint density at radius 1 is 0.950 bits per heavy atom. The van der Waals surface area contributed by atoms with E-state index in [0.717, 1.165) is 84.5 Å². The number of fused-ring (bicyclic) bond motifs is 4. The summed E-state index contributed by atoms with van der Waals surface area (Å²) in [6, 6.07) is 21.7. The minimum atomic E-state index is -1.69. The van der Waals surface area contributed by atoms with E-state index in [9.17, 15) is 4.79 Å². The van der Waals surface area contributed by atoms with E-state index >= 15 is 0 Å². The summed E-state index contributed by atoms with van der Waals surface area (Å²) < 4.78 is 10.7. The van der Waals surface area contributed by atoms with Crippen molar-refractivity contribution in [3.8, 4) is 5.75 Å². The number of anilines is 1. The van der Waals surface area contributed by atoms with E-state index in [1.54, 1.807) is 0 Å². The molecule has 1 aromatic heterocycles. The average Bonchev–Trinajstić information content (AvgIpc) is 3.60. The number of aryl methyl sites for hydroxylation is 1. The van der Waals surface area contributed by atoms with Crippen molar-refractivity contribution in [1.82, 2.24) is 14.4 Å². The van der Waals surface area contributed by atoms with Crippen molar-refractivity contribution in [2.45, 2.75) is 33.2 Å². The predicted octanol–water partition coefficient (Wildman–Crippen LogP) is 6.49. The maximum atomic E-state index is 13.7. The van der Waals surface area contributed by atoms with Gasteiger partial charge in [0.25, 0.3) is 0 Å². The molecule has 1 fully saturated rings. The molecule has 0 amide bonds. The molecule has 40 heavy (non-hydrogen) atoms. The van der Waals surface area contributed by atoms with Gasteiger partial charge in [0.15, 0.2) is 0 Å². The molecule has 1 N–H and O–H groups in total. The van der Waals surface area contributed by atoms with Gasteiger partial charge in [0.05, 0.1) is 0 Å². The predicted molar refractivity (Wildman–Crippen MR) is 176 cm³/mol. The third kappa shape index (κ3) is 5.74. The normalized spacial score (nSPS) is 16.4. The number of ether oxygens (including phenoxy) is 1. The first-order valence-electron chi connectivity index (χ1n) is 14.8. The number of carbonyl (C=O) groups excluding carboxylic acids is 1. The molecule has 212 valence electrons. The molecule has 7 heteroatoms. The number of halogens is 1. The van der Waals surface area contributed by atoms with Crippen LogP contribution in [0.2, 0.25) is 0 Å². The first-order valence-corrected chi connectivity index (χ1v) is 18.9. The third-order valence-electron chi connectivity index (χ3n) is 8.50. The van der Waals surface area contributed by atoms with Gasteiger partial charge in [-0.3, -0.25) is 0 Å². The standard InChI is InChI=1S/C33H41IN4O2/c1-3-36(4-2)17-7-18-38-30-9-6-5-8-27(30)28-23-26(11-12-31(28)38)33(39)34-15-20-37(21-16-34)19-14-25-10-13-32-29(22-25)35-24-40-32/h5-6,8-13,22-23,35H,3-4,7,14-21,24H2,1-2H3. The van der Waals surface area contributed by atoms with Crippen molar-refractivity contribution in [1.29, 1.82) is 0 Å². The number of hydrogen-bond donors (Lipinski definition) is 1. The van der Waals surface area contributed by atoms with E-state index in [1.807, 2.05) is 0 Å². The second kappa shape index (κ2) is 12.5. The van der Waals surface area contributed by atoms with Gasteiger partial charge in [0.1, 0.15) is 0 Å². The van der Waals surface area contributed by atoms with E-state index in [4.69, 9.17) is 4.74 Å². The summed E-state index contributed by atoms with van der Waals surface area (Å²) >= 11 is -1.69. The summed E-state index contributed by atoms with van der Waals surface area (Å²) in [5.74, 6) is 0.952. The molecular weight excluding hydrogens is 611 g/mol. The molecule has 0 atom stereocenters. The molecule has 2 aliphatic rings. The Morgan fingerprint density at radius 2 is 1.75 bits per heavy atom. The number of aromatic nitrogens is 1. The van der Waals surface area contributed by atoms with Crippen LogP contribution in [0.5, 0.6) is 5.75 Å². The molecule has 4 aromatic rings. The van der Waals surface area contributed by atoms with Crippen LogP contribution in [0.1, 0.15) is 36.2 Å². The van der Waals surface area contributed by atoms with Crippen LogP contribution in [0.3, 0.4) is 0 Å². The number of rotatable bonds is 11. The van der Waals surface area contributed by atoms with Crippen molar-refractivity contribution in [3.05, 3.63) is 71.8 Å². The molecule has 6 nitrogen and oxygen atoms in total. The van der Waals surface area contributed by atoms with E-state index < -0.39 is 19.8 Å². The zero-order valence-corrected chi connectivity index (χ0v) is 26.0. The zero-order chi connectivity index (χ0) is 27.5. The maximum absolute atomic E-state index is 13.7. The summed E-state index contributed by atoms with van der Waals surface area (Å²) in [4.78, 5) is 18.8. The fourth-order valence-electron chi connectivity index (χ4n) is 6.08. The molecule has 0 spiro atoms. The van der Waals surface area contributed by atoms with Crippen LogP contribution in [0.25, 0.3) is 21.8 Å². The number of hydrogen-bond acceptors (Lipinski definition) is 5. The number of benzene rings is 3. The van der Waals surface area contributed by atoms with E-state index in [2.05, 4.69) is 94.2 Å². The fourth-order valence-corrected chi connectivity index (χ4v) is 11.3. The molecule has 3 heterocycles. The molecule has 0 aliphatic carbocycles. The first kappa shape index (κ1) is 27.5. The summed E-state index contributed by atoms with van der Waals surface area (Å²) in [7, 11) is 0. The summed E-state index contributed by atoms with van der Waals surface area (Å²) in [5, 5.41) is 5.78. The Bertz CT molecular complexity index is 1490. The number of alkyl halides is 2. The van der Waals surface area contributed by atoms with Crippen molar-refractivity contribution < 1.29 is 9.53 Å². The molecule has 0 unspecified atom stereocenters. The van der Waals surface area contributed by atoms with Gasteiger partial charge in [-0.05, 0) is 0 Å². The quantitative estimate of drug-likeness (QED) is 0.114. The van der Waals surface area contributed by atoms with Crippen LogP contribution in [-0.2, 0) is 13.0 Å². The van der Waals surface area contributed by atoms with Crippen LogP contribution >= 0.6 is 19.8 Å². The van der Waals surface area contributed by atoms with E-state index in [1.165, 1.54) is 27.4 Å². The number of nitrogens with one attached hydrogen (secondary N) is 1. The first-order chi connectivity index (χ1) is 19.6. The van der Waals surface area contributed by atoms with Gasteiger partial charge in [-0.2, -0.15) is 0 Å². The Labute approximate surface area is 245 Å². The van der Waals surface area contributed by atoms with Gasteiger partial charge in [-0.15, -0.1) is 0 Å². The average molecular weight is 653 g/mol. The van der Waals surface area contributed by atoms with Crippen LogP contribution in [0, 0.1) is 0 Å². The molecule has 2 aliphatic heterocycles. The third-order valence-corrected chi connectivity index (χ3v) is 14.1. The fraction of sp³-hybridized carbons (Fsp3) is 0.424. The zero-order valence-electron chi connectivity index (χ0n) is 23.8. The van der Waals surface area contributed by atoms with Crippen molar-refractivity contribution in [2.75, 3.05) is 60.2 Å². The Hall–Kier alpha value is -2.62. The Kier molecular flexibility index (Phi) is 8.60. The molecule has 0 radical (unpaired) electrons. The van der Waals surface area contributed by atoms with Crippen LogP contribution in [0.4, 0.5) is 5.69 Å². The van der Waals surface area contributed by atoms with Crippen LogP contribution in [0.15, 0.2) is 60.7 Å². The molecular formula is C33H41IN4O2. The Morgan fingerprint density at radius 3 is 2.58 bits per heavy atom. The molecule has 0 bridgehead atoms. The van der Waals surface area contributed by atoms with Crippen molar-refractivity contribution in [3.63, 3.8) is 0 Å². The molecule has 6 rings (SSSR count). The number of nitrogens with zero attached hydrogens (tertiary/aromatic N) is 3. The van der Waals surface area contributed by atoms with Crippen LogP contribution in [-0.4, -0.2) is 73.0 Å². The van der Waals surface area contributed by atoms with Gasteiger partial charge in [0, 0.05) is 0 Å². The van der Waals surface area contributed by atoms with Crippen LogP contribution < -0.4 is 10.1 Å². The van der Waals surface area contributed by atoms with Gasteiger partial charge in [0.2, 0.25) is 0 Å². The van der Waals surface area contributed by atoms with E-state index in [0.29, 0.717) is 10.5 Å². The second-order valence-electron chi connectivity index (χ2n) is 10.8. The molecule has 1 saturated heterocycles. The van der Waals surface area contributed by atoms with Gasteiger partial charge in [-0.25, -0.2) is 0 Å². The topological polar surface area (TPSA) is 49.7 Å². The van der Waals surface area contributed by atoms with E-state index in [-0.39, 0.29) is 0 Å². The Balaban J connectivity index is 1.10. The number of para-hydroxylation sites is 1. The summed E-state index contributed by atoms with van der Waals surface area (Å²) in [6.07, 6.45) is 2.16. The minimum absolute atomic E-state index is 0.466. The van der Waals surface area contributed by atoms with Gasteiger partial charge < -0.3 is 0 Å². The second-order valence-corrected chi connectivity index (χ2v) is 16.5. The molecule has 0 saturated carbocycles. The summed E-state index contributed by atoms with van der Waals surface area (Å²) in [5.41, 5.74) is 5.92. The SMILES string of the molecule is CCN(CC)CCCn1c2ccccc2c2cc(C(=O)I3CCN(CCc4ccc5c(c4)NCO5)CC3)ccc21. The summed E-state index contributed by atoms with van der Waals surface area (Å²) in [6.45, 7) is 12.5. The monoisotopic (exact) mass is 652 g/mol.